The summed E-state index contributed by atoms with van der Waals surface area (Å²) < 4.78 is 28.1. The van der Waals surface area contributed by atoms with E-state index in [0.717, 1.165) is 5.56 Å². The van der Waals surface area contributed by atoms with Gasteiger partial charge in [0.1, 0.15) is 11.7 Å². The number of piperazine rings is 1. The molecule has 1 aromatic heterocycles. The lowest BCUT2D eigenvalue weighted by atomic mass is 10.2. The summed E-state index contributed by atoms with van der Waals surface area (Å²) in [5, 5.41) is 13.1. The standard InChI is InChI=1S/C18H22N4O5S/c1-13-3-5-15(6-4-13)28(26,27)21-11-9-20(10-12-21)17(23)16-7-8-19-22(16)14(2)18(24)25/h3-8,14H,9-12H2,1-2H3,(H,24,25). The number of carbonyl (C=O) groups is 2. The zero-order valence-corrected chi connectivity index (χ0v) is 16.5. The zero-order valence-electron chi connectivity index (χ0n) is 15.6. The molecule has 9 nitrogen and oxygen atoms in total. The fourth-order valence-electron chi connectivity index (χ4n) is 3.05. The van der Waals surface area contributed by atoms with Gasteiger partial charge in [0, 0.05) is 32.4 Å². The Bertz CT molecular complexity index is 976. The third-order valence-corrected chi connectivity index (χ3v) is 6.71. The van der Waals surface area contributed by atoms with E-state index in [1.54, 1.807) is 24.3 Å². The molecule has 1 unspecified atom stereocenters. The largest absolute Gasteiger partial charge is 0.480 e. The normalized spacial score (nSPS) is 16.7. The van der Waals surface area contributed by atoms with E-state index in [0.29, 0.717) is 0 Å². The molecule has 10 heteroatoms. The highest BCUT2D eigenvalue weighted by atomic mass is 32.2. The smallest absolute Gasteiger partial charge is 0.328 e. The van der Waals surface area contributed by atoms with Crippen LogP contribution in [-0.2, 0) is 14.8 Å². The number of benzene rings is 1. The van der Waals surface area contributed by atoms with E-state index in [9.17, 15) is 18.0 Å². The molecule has 0 radical (unpaired) electrons. The number of aryl methyl sites for hydroxylation is 1. The molecule has 1 aliphatic heterocycles. The summed E-state index contributed by atoms with van der Waals surface area (Å²) >= 11 is 0. The topological polar surface area (TPSA) is 113 Å². The van der Waals surface area contributed by atoms with Crippen molar-refractivity contribution >= 4 is 21.9 Å². The minimum Gasteiger partial charge on any atom is -0.480 e. The van der Waals surface area contributed by atoms with E-state index < -0.39 is 22.0 Å². The number of amides is 1. The molecule has 0 spiro atoms. The van der Waals surface area contributed by atoms with E-state index in [1.807, 2.05) is 6.92 Å². The number of aliphatic carboxylic acids is 1. The lowest BCUT2D eigenvalue weighted by Crippen LogP contribution is -2.50. The Balaban J connectivity index is 1.70. The Labute approximate surface area is 163 Å². The van der Waals surface area contributed by atoms with Crippen LogP contribution < -0.4 is 0 Å². The summed E-state index contributed by atoms with van der Waals surface area (Å²) in [6.45, 7) is 4.11. The first-order valence-corrected chi connectivity index (χ1v) is 10.3. The number of rotatable bonds is 5. The number of aromatic nitrogens is 2. The van der Waals surface area contributed by atoms with Gasteiger partial charge in [0.2, 0.25) is 10.0 Å². The molecule has 0 saturated carbocycles. The summed E-state index contributed by atoms with van der Waals surface area (Å²) in [6.07, 6.45) is 1.38. The highest BCUT2D eigenvalue weighted by molar-refractivity contribution is 7.89. The third kappa shape index (κ3) is 3.78. The molecule has 150 valence electrons. The van der Waals surface area contributed by atoms with Crippen molar-refractivity contribution in [2.24, 2.45) is 0 Å². The number of sulfonamides is 1. The number of hydrogen-bond acceptors (Lipinski definition) is 5. The van der Waals surface area contributed by atoms with Gasteiger partial charge in [-0.3, -0.25) is 4.79 Å². The summed E-state index contributed by atoms with van der Waals surface area (Å²) in [5.74, 6) is -1.45. The van der Waals surface area contributed by atoms with Crippen molar-refractivity contribution in [1.29, 1.82) is 0 Å². The Kier molecular flexibility index (Phi) is 5.52. The van der Waals surface area contributed by atoms with Crippen molar-refractivity contribution in [3.63, 3.8) is 0 Å². The summed E-state index contributed by atoms with van der Waals surface area (Å²) in [6, 6.07) is 7.14. The second kappa shape index (κ2) is 7.72. The molecular weight excluding hydrogens is 384 g/mol. The maximum absolute atomic E-state index is 12.8. The predicted octanol–water partition coefficient (Wildman–Crippen LogP) is 0.984. The summed E-state index contributed by atoms with van der Waals surface area (Å²) in [4.78, 5) is 25.7. The highest BCUT2D eigenvalue weighted by Crippen LogP contribution is 2.19. The highest BCUT2D eigenvalue weighted by Gasteiger charge is 2.32. The number of carboxylic acids is 1. The van der Waals surface area contributed by atoms with Gasteiger partial charge in [0.05, 0.1) is 4.90 Å². The van der Waals surface area contributed by atoms with Gasteiger partial charge in [-0.05, 0) is 32.0 Å². The van der Waals surface area contributed by atoms with Crippen molar-refractivity contribution in [1.82, 2.24) is 19.0 Å². The molecule has 1 fully saturated rings. The van der Waals surface area contributed by atoms with Gasteiger partial charge in [-0.15, -0.1) is 0 Å². The molecule has 1 amide bonds. The molecule has 1 aliphatic rings. The first kappa shape index (κ1) is 20.0. The molecule has 1 atom stereocenters. The molecule has 1 saturated heterocycles. The quantitative estimate of drug-likeness (QED) is 0.792. The van der Waals surface area contributed by atoms with Crippen LogP contribution in [0.5, 0.6) is 0 Å². The van der Waals surface area contributed by atoms with Gasteiger partial charge in [0.15, 0.2) is 0 Å². The average Bonchev–Trinajstić information content (AvgIpc) is 3.16. The van der Waals surface area contributed by atoms with E-state index >= 15 is 0 Å². The predicted molar refractivity (Wildman–Crippen MR) is 100 cm³/mol. The van der Waals surface area contributed by atoms with Gasteiger partial charge >= 0.3 is 5.97 Å². The SMILES string of the molecule is Cc1ccc(S(=O)(=O)N2CCN(C(=O)c3ccnn3C(C)C(=O)O)CC2)cc1. The molecule has 1 N–H and O–H groups in total. The van der Waals surface area contributed by atoms with E-state index in [2.05, 4.69) is 5.10 Å². The molecule has 3 rings (SSSR count). The Morgan fingerprint density at radius 1 is 1.07 bits per heavy atom. The maximum atomic E-state index is 12.8. The third-order valence-electron chi connectivity index (χ3n) is 4.80. The average molecular weight is 406 g/mol. The van der Waals surface area contributed by atoms with Crippen LogP contribution in [0, 0.1) is 6.92 Å². The van der Waals surface area contributed by atoms with Crippen LogP contribution in [0.25, 0.3) is 0 Å². The van der Waals surface area contributed by atoms with E-state index in [-0.39, 0.29) is 42.7 Å². The first-order chi connectivity index (χ1) is 13.2. The number of hydrogen-bond donors (Lipinski definition) is 1. The fraction of sp³-hybridized carbons (Fsp3) is 0.389. The van der Waals surface area contributed by atoms with Crippen LogP contribution in [0.2, 0.25) is 0 Å². The van der Waals surface area contributed by atoms with Crippen molar-refractivity contribution in [3.05, 3.63) is 47.8 Å². The van der Waals surface area contributed by atoms with Crippen LogP contribution in [0.1, 0.15) is 29.0 Å². The molecule has 0 aliphatic carbocycles. The lowest BCUT2D eigenvalue weighted by Gasteiger charge is -2.34. The van der Waals surface area contributed by atoms with Crippen molar-refractivity contribution in [2.75, 3.05) is 26.2 Å². The lowest BCUT2D eigenvalue weighted by molar-refractivity contribution is -0.140. The van der Waals surface area contributed by atoms with E-state index in [4.69, 9.17) is 5.11 Å². The van der Waals surface area contributed by atoms with Gasteiger partial charge < -0.3 is 10.0 Å². The maximum Gasteiger partial charge on any atom is 0.328 e. The van der Waals surface area contributed by atoms with E-state index in [1.165, 1.54) is 33.1 Å². The van der Waals surface area contributed by atoms with Crippen LogP contribution >= 0.6 is 0 Å². The zero-order chi connectivity index (χ0) is 20.5. The Hall–Kier alpha value is -2.72. The van der Waals surface area contributed by atoms with Crippen LogP contribution in [0.15, 0.2) is 41.4 Å². The number of nitrogens with zero attached hydrogens (tertiary/aromatic N) is 4. The van der Waals surface area contributed by atoms with Crippen LogP contribution in [0.3, 0.4) is 0 Å². The summed E-state index contributed by atoms with van der Waals surface area (Å²) in [5.41, 5.74) is 1.14. The van der Waals surface area contributed by atoms with Crippen molar-refractivity contribution < 1.29 is 23.1 Å². The molecular formula is C18H22N4O5S. The van der Waals surface area contributed by atoms with Gasteiger partial charge in [-0.2, -0.15) is 9.40 Å². The monoisotopic (exact) mass is 406 g/mol. The van der Waals surface area contributed by atoms with Crippen LogP contribution in [-0.4, -0.2) is 70.6 Å². The van der Waals surface area contributed by atoms with Crippen molar-refractivity contribution in [2.45, 2.75) is 24.8 Å². The second-order valence-electron chi connectivity index (χ2n) is 6.68. The fourth-order valence-corrected chi connectivity index (χ4v) is 4.47. The van der Waals surface area contributed by atoms with Gasteiger partial charge in [-0.25, -0.2) is 17.9 Å². The minimum absolute atomic E-state index is 0.171. The van der Waals surface area contributed by atoms with Gasteiger partial charge in [0.25, 0.3) is 5.91 Å². The Morgan fingerprint density at radius 2 is 1.68 bits per heavy atom. The first-order valence-electron chi connectivity index (χ1n) is 8.84. The molecule has 1 aromatic carbocycles. The molecule has 2 aromatic rings. The van der Waals surface area contributed by atoms with Crippen molar-refractivity contribution in [3.8, 4) is 0 Å². The van der Waals surface area contributed by atoms with Gasteiger partial charge in [-0.1, -0.05) is 17.7 Å². The summed E-state index contributed by atoms with van der Waals surface area (Å²) in [7, 11) is -3.61. The minimum atomic E-state index is -3.61. The Morgan fingerprint density at radius 3 is 2.25 bits per heavy atom. The van der Waals surface area contributed by atoms with Crippen LogP contribution in [0.4, 0.5) is 0 Å². The molecule has 0 bridgehead atoms. The molecule has 2 heterocycles. The second-order valence-corrected chi connectivity index (χ2v) is 8.62. The number of carbonyl (C=O) groups excluding carboxylic acids is 1. The number of carboxylic acid groups (broad SMARTS) is 1. The molecule has 28 heavy (non-hydrogen) atoms.